The molecule has 1 unspecified atom stereocenters. The second kappa shape index (κ2) is 9.27. The van der Waals surface area contributed by atoms with Gasteiger partial charge in [-0.15, -0.1) is 22.7 Å². The van der Waals surface area contributed by atoms with Gasteiger partial charge >= 0.3 is 0 Å². The minimum atomic E-state index is 0.294. The van der Waals surface area contributed by atoms with Crippen LogP contribution in [-0.2, 0) is 5.41 Å². The zero-order chi connectivity index (χ0) is 19.4. The minimum Gasteiger partial charge on any atom is -0.139 e. The summed E-state index contributed by atoms with van der Waals surface area (Å²) in [5, 5.41) is 0. The molecule has 0 nitrogen and oxygen atoms in total. The van der Waals surface area contributed by atoms with Crippen LogP contribution in [0.25, 0.3) is 9.75 Å². The number of hydrogen-bond donors (Lipinski definition) is 0. The third kappa shape index (κ3) is 4.22. The quantitative estimate of drug-likeness (QED) is 0.328. The number of fused-ring (bicyclic) bond motifs is 3. The Balaban J connectivity index is 2.00. The molecule has 0 amide bonds. The van der Waals surface area contributed by atoms with Gasteiger partial charge in [0.15, 0.2) is 0 Å². The van der Waals surface area contributed by atoms with E-state index in [1.54, 1.807) is 20.9 Å². The summed E-state index contributed by atoms with van der Waals surface area (Å²) in [5.41, 5.74) is 3.68. The van der Waals surface area contributed by atoms with Crippen molar-refractivity contribution in [1.29, 1.82) is 0 Å². The van der Waals surface area contributed by atoms with E-state index in [9.17, 15) is 0 Å². The smallest absolute Gasteiger partial charge is 0.0489 e. The molecule has 27 heavy (non-hydrogen) atoms. The Kier molecular flexibility index (Phi) is 7.25. The molecule has 1 aliphatic carbocycles. The predicted molar refractivity (Wildman–Crippen MR) is 125 cm³/mol. The third-order valence-electron chi connectivity index (χ3n) is 6.59. The third-order valence-corrected chi connectivity index (χ3v) is 8.85. The Bertz CT molecular complexity index is 687. The van der Waals surface area contributed by atoms with Crippen LogP contribution in [0.2, 0.25) is 0 Å². The van der Waals surface area contributed by atoms with Crippen LogP contribution >= 0.6 is 22.7 Å². The van der Waals surface area contributed by atoms with Crippen molar-refractivity contribution in [3.63, 3.8) is 0 Å². The second-order valence-corrected chi connectivity index (χ2v) is 11.2. The summed E-state index contributed by atoms with van der Waals surface area (Å²) in [7, 11) is 0. The highest BCUT2D eigenvalue weighted by molar-refractivity contribution is 7.22. The molecule has 1 aliphatic rings. The molecule has 2 aromatic rings. The van der Waals surface area contributed by atoms with E-state index in [4.69, 9.17) is 0 Å². The fourth-order valence-electron chi connectivity index (χ4n) is 5.10. The number of aryl methyl sites for hydroxylation is 2. The van der Waals surface area contributed by atoms with E-state index in [-0.39, 0.29) is 0 Å². The molecule has 3 rings (SSSR count). The molecular weight excluding hydrogens is 364 g/mol. The first-order valence-electron chi connectivity index (χ1n) is 11.3. The first-order chi connectivity index (χ1) is 13.1. The van der Waals surface area contributed by atoms with Gasteiger partial charge in [0.05, 0.1) is 0 Å². The highest BCUT2D eigenvalue weighted by Crippen LogP contribution is 2.60. The minimum absolute atomic E-state index is 0.294. The lowest BCUT2D eigenvalue weighted by molar-refractivity contribution is 0.311. The molecule has 0 saturated heterocycles. The first-order valence-corrected chi connectivity index (χ1v) is 12.9. The standard InChI is InChI=1S/C25H38S2/c1-6-9-11-12-14-25(17-20(8-3)13-10-7-2)21-15-18(4)26-23(21)24-22(25)16-19(5)27-24/h15-16,20H,6-14,17H2,1-5H3. The molecule has 2 aromatic heterocycles. The summed E-state index contributed by atoms with van der Waals surface area (Å²) in [6.45, 7) is 11.7. The van der Waals surface area contributed by atoms with Crippen molar-refractivity contribution >= 4 is 22.7 Å². The van der Waals surface area contributed by atoms with Gasteiger partial charge in [0, 0.05) is 24.9 Å². The summed E-state index contributed by atoms with van der Waals surface area (Å²) in [6, 6.07) is 5.10. The number of hydrogen-bond acceptors (Lipinski definition) is 2. The molecule has 1 atom stereocenters. The van der Waals surface area contributed by atoms with E-state index in [0.717, 1.165) is 5.92 Å². The molecule has 0 radical (unpaired) electrons. The molecule has 0 aromatic carbocycles. The van der Waals surface area contributed by atoms with Gasteiger partial charge in [-0.25, -0.2) is 0 Å². The van der Waals surface area contributed by atoms with Crippen LogP contribution < -0.4 is 0 Å². The van der Waals surface area contributed by atoms with Crippen LogP contribution in [0.1, 0.15) is 106 Å². The fourth-order valence-corrected chi connectivity index (χ4v) is 7.48. The van der Waals surface area contributed by atoms with Crippen molar-refractivity contribution in [2.75, 3.05) is 0 Å². The van der Waals surface area contributed by atoms with E-state index < -0.39 is 0 Å². The monoisotopic (exact) mass is 402 g/mol. The van der Waals surface area contributed by atoms with Gasteiger partial charge in [0.25, 0.3) is 0 Å². The van der Waals surface area contributed by atoms with Crippen molar-refractivity contribution < 1.29 is 0 Å². The topological polar surface area (TPSA) is 0 Å². The number of rotatable bonds is 11. The molecular formula is C25H38S2. The van der Waals surface area contributed by atoms with Crippen molar-refractivity contribution in [2.45, 2.75) is 104 Å². The van der Waals surface area contributed by atoms with Gasteiger partial charge < -0.3 is 0 Å². The summed E-state index contributed by atoms with van der Waals surface area (Å²) in [6.07, 6.45) is 13.6. The van der Waals surface area contributed by atoms with E-state index in [1.807, 2.05) is 22.7 Å². The molecule has 2 heterocycles. The van der Waals surface area contributed by atoms with E-state index in [2.05, 4.69) is 46.8 Å². The van der Waals surface area contributed by atoms with Crippen molar-refractivity contribution in [1.82, 2.24) is 0 Å². The van der Waals surface area contributed by atoms with Crippen molar-refractivity contribution in [3.05, 3.63) is 33.0 Å². The Morgan fingerprint density at radius 1 is 0.815 bits per heavy atom. The van der Waals surface area contributed by atoms with Crippen LogP contribution in [-0.4, -0.2) is 0 Å². The van der Waals surface area contributed by atoms with Crippen LogP contribution in [0, 0.1) is 19.8 Å². The van der Waals surface area contributed by atoms with E-state index >= 15 is 0 Å². The Morgan fingerprint density at radius 2 is 1.41 bits per heavy atom. The lowest BCUT2D eigenvalue weighted by atomic mass is 9.68. The largest absolute Gasteiger partial charge is 0.139 e. The lowest BCUT2D eigenvalue weighted by Gasteiger charge is -2.35. The average molecular weight is 403 g/mol. The van der Waals surface area contributed by atoms with Gasteiger partial charge in [-0.3, -0.25) is 0 Å². The molecule has 150 valence electrons. The maximum atomic E-state index is 2.55. The predicted octanol–water partition coefficient (Wildman–Crippen LogP) is 9.27. The fraction of sp³-hybridized carbons (Fsp3) is 0.680. The van der Waals surface area contributed by atoms with Crippen molar-refractivity contribution in [3.8, 4) is 9.75 Å². The zero-order valence-electron chi connectivity index (χ0n) is 18.1. The van der Waals surface area contributed by atoms with Crippen LogP contribution in [0.4, 0.5) is 0 Å². The molecule has 2 heteroatoms. The molecule has 0 aliphatic heterocycles. The second-order valence-electron chi connectivity index (χ2n) is 8.71. The number of unbranched alkanes of at least 4 members (excludes halogenated alkanes) is 4. The number of thiophene rings is 2. The highest BCUT2D eigenvalue weighted by atomic mass is 32.1. The van der Waals surface area contributed by atoms with Gasteiger partial charge in [0.1, 0.15) is 0 Å². The van der Waals surface area contributed by atoms with Crippen LogP contribution in [0.5, 0.6) is 0 Å². The Morgan fingerprint density at radius 3 is 1.93 bits per heavy atom. The van der Waals surface area contributed by atoms with Gasteiger partial charge in [-0.05, 0) is 55.9 Å². The van der Waals surface area contributed by atoms with Crippen LogP contribution in [0.3, 0.4) is 0 Å². The van der Waals surface area contributed by atoms with Crippen molar-refractivity contribution in [2.24, 2.45) is 5.92 Å². The van der Waals surface area contributed by atoms with Gasteiger partial charge in [-0.1, -0.05) is 72.1 Å². The van der Waals surface area contributed by atoms with E-state index in [0.29, 0.717) is 5.41 Å². The zero-order valence-corrected chi connectivity index (χ0v) is 19.8. The summed E-state index contributed by atoms with van der Waals surface area (Å²) in [4.78, 5) is 6.22. The summed E-state index contributed by atoms with van der Waals surface area (Å²) < 4.78 is 0. The van der Waals surface area contributed by atoms with E-state index in [1.165, 1.54) is 74.0 Å². The molecule has 0 spiro atoms. The molecule has 0 bridgehead atoms. The summed E-state index contributed by atoms with van der Waals surface area (Å²) >= 11 is 4.08. The maximum Gasteiger partial charge on any atom is 0.0489 e. The maximum absolute atomic E-state index is 2.55. The Hall–Kier alpha value is -0.600. The summed E-state index contributed by atoms with van der Waals surface area (Å²) in [5.74, 6) is 0.857. The molecule has 0 fully saturated rings. The molecule has 0 N–H and O–H groups in total. The highest BCUT2D eigenvalue weighted by Gasteiger charge is 2.46. The Labute approximate surface area is 175 Å². The SMILES string of the molecule is CCCCCCC1(CC(CC)CCCC)c2cc(C)sc2-c2sc(C)cc21. The lowest BCUT2D eigenvalue weighted by Crippen LogP contribution is -2.28. The average Bonchev–Trinajstić information content (AvgIpc) is 3.28. The van der Waals surface area contributed by atoms with Gasteiger partial charge in [0.2, 0.25) is 0 Å². The first kappa shape index (κ1) is 21.1. The van der Waals surface area contributed by atoms with Crippen LogP contribution in [0.15, 0.2) is 12.1 Å². The normalized spacial score (nSPS) is 15.7. The molecule has 0 saturated carbocycles. The van der Waals surface area contributed by atoms with Gasteiger partial charge in [-0.2, -0.15) is 0 Å².